The minimum absolute atomic E-state index is 0.139. The van der Waals surface area contributed by atoms with Crippen molar-refractivity contribution in [1.82, 2.24) is 19.7 Å². The van der Waals surface area contributed by atoms with Crippen LogP contribution in [0.1, 0.15) is 11.4 Å². The number of carbonyl (C=O) groups excluding carboxylic acids is 1. The number of fused-ring (bicyclic) bond motifs is 1. The van der Waals surface area contributed by atoms with Gasteiger partial charge in [-0.2, -0.15) is 0 Å². The molecule has 0 saturated carbocycles. The predicted octanol–water partition coefficient (Wildman–Crippen LogP) is 7.01. The maximum atomic E-state index is 12.9. The molecule has 0 aliphatic rings. The van der Waals surface area contributed by atoms with Gasteiger partial charge in [0, 0.05) is 12.1 Å². The van der Waals surface area contributed by atoms with E-state index in [0.717, 1.165) is 27.2 Å². The number of benzene rings is 4. The zero-order chi connectivity index (χ0) is 29.6. The largest absolute Gasteiger partial charge is 0.493 e. The number of hydrogen-bond donors (Lipinski definition) is 1. The standard InChI is InChI=1S/C32H27N5O4S2/c1-39-26-17-12-21(18-27(26)40-2)19-29-35-36-32(42-20-30(38)34-31-33-25-10-6-7-11-28(25)43-31)37(29)22-13-15-24(16-14-22)41-23-8-4-3-5-9-23/h3-18H,19-20H2,1-2H3,(H,33,34,38). The normalized spacial score (nSPS) is 10.9. The second-order valence-corrected chi connectivity index (χ2v) is 11.3. The van der Waals surface area contributed by atoms with Gasteiger partial charge in [-0.1, -0.05) is 59.5 Å². The summed E-state index contributed by atoms with van der Waals surface area (Å²) in [6.45, 7) is 0. The van der Waals surface area contributed by atoms with E-state index in [1.54, 1.807) is 14.2 Å². The lowest BCUT2D eigenvalue weighted by Gasteiger charge is -2.13. The molecule has 11 heteroatoms. The summed E-state index contributed by atoms with van der Waals surface area (Å²) in [6, 6.07) is 30.9. The monoisotopic (exact) mass is 609 g/mol. The average Bonchev–Trinajstić information content (AvgIpc) is 3.64. The van der Waals surface area contributed by atoms with Crippen LogP contribution in [0.15, 0.2) is 102 Å². The van der Waals surface area contributed by atoms with Gasteiger partial charge in [0.05, 0.1) is 30.2 Å². The van der Waals surface area contributed by atoms with Crippen molar-refractivity contribution < 1.29 is 19.0 Å². The van der Waals surface area contributed by atoms with Gasteiger partial charge in [0.2, 0.25) is 5.91 Å². The summed E-state index contributed by atoms with van der Waals surface area (Å²) in [5.41, 5.74) is 2.67. The fraction of sp³-hybridized carbons (Fsp3) is 0.125. The maximum Gasteiger partial charge on any atom is 0.236 e. The molecule has 0 atom stereocenters. The molecule has 0 fully saturated rings. The van der Waals surface area contributed by atoms with Gasteiger partial charge in [-0.3, -0.25) is 9.36 Å². The summed E-state index contributed by atoms with van der Waals surface area (Å²) in [7, 11) is 3.22. The van der Waals surface area contributed by atoms with Gasteiger partial charge >= 0.3 is 0 Å². The lowest BCUT2D eigenvalue weighted by atomic mass is 10.1. The Morgan fingerprint density at radius 1 is 0.860 bits per heavy atom. The number of anilines is 1. The second-order valence-electron chi connectivity index (χ2n) is 9.33. The molecule has 4 aromatic carbocycles. The third-order valence-corrected chi connectivity index (χ3v) is 8.34. The third-order valence-electron chi connectivity index (χ3n) is 6.46. The van der Waals surface area contributed by atoms with Crippen molar-refractivity contribution in [1.29, 1.82) is 0 Å². The molecule has 1 N–H and O–H groups in total. The van der Waals surface area contributed by atoms with Gasteiger partial charge in [-0.15, -0.1) is 10.2 Å². The van der Waals surface area contributed by atoms with Crippen molar-refractivity contribution in [2.45, 2.75) is 11.6 Å². The number of thiazole rings is 1. The van der Waals surface area contributed by atoms with Crippen molar-refractivity contribution in [2.24, 2.45) is 0 Å². The number of aromatic nitrogens is 4. The molecule has 0 spiro atoms. The Kier molecular flexibility index (Phi) is 8.52. The number of methoxy groups -OCH3 is 2. The highest BCUT2D eigenvalue weighted by Crippen LogP contribution is 2.31. The molecule has 6 aromatic rings. The van der Waals surface area contributed by atoms with Gasteiger partial charge in [0.1, 0.15) is 17.3 Å². The van der Waals surface area contributed by atoms with Crippen molar-refractivity contribution >= 4 is 44.4 Å². The zero-order valence-corrected chi connectivity index (χ0v) is 25.0. The van der Waals surface area contributed by atoms with E-state index in [9.17, 15) is 4.79 Å². The van der Waals surface area contributed by atoms with Crippen molar-refractivity contribution in [2.75, 3.05) is 25.3 Å². The summed E-state index contributed by atoms with van der Waals surface area (Å²) < 4.78 is 19.8. The number of carbonyl (C=O) groups is 1. The Bertz CT molecular complexity index is 1820. The van der Waals surface area contributed by atoms with Crippen LogP contribution < -0.4 is 19.5 Å². The van der Waals surface area contributed by atoms with E-state index in [0.29, 0.717) is 39.8 Å². The zero-order valence-electron chi connectivity index (χ0n) is 23.4. The van der Waals surface area contributed by atoms with E-state index in [4.69, 9.17) is 14.2 Å². The summed E-state index contributed by atoms with van der Waals surface area (Å²) in [6.07, 6.45) is 0.480. The molecule has 0 unspecified atom stereocenters. The van der Waals surface area contributed by atoms with Crippen LogP contribution in [0.5, 0.6) is 23.0 Å². The van der Waals surface area contributed by atoms with Gasteiger partial charge in [0.15, 0.2) is 21.8 Å². The molecule has 1 amide bonds. The van der Waals surface area contributed by atoms with Crippen LogP contribution in [0.25, 0.3) is 15.9 Å². The number of ether oxygens (including phenoxy) is 3. The number of thioether (sulfide) groups is 1. The Hall–Kier alpha value is -4.87. The van der Waals surface area contributed by atoms with Crippen LogP contribution in [0, 0.1) is 0 Å². The lowest BCUT2D eigenvalue weighted by molar-refractivity contribution is -0.113. The minimum atomic E-state index is -0.174. The summed E-state index contributed by atoms with van der Waals surface area (Å²) in [5, 5.41) is 13.0. The quantitative estimate of drug-likeness (QED) is 0.157. The van der Waals surface area contributed by atoms with Crippen LogP contribution in [0.4, 0.5) is 5.13 Å². The summed E-state index contributed by atoms with van der Waals surface area (Å²) >= 11 is 2.75. The molecule has 2 aromatic heterocycles. The van der Waals surface area contributed by atoms with E-state index in [2.05, 4.69) is 20.5 Å². The average molecular weight is 610 g/mol. The topological polar surface area (TPSA) is 100 Å². The Morgan fingerprint density at radius 3 is 2.37 bits per heavy atom. The van der Waals surface area contributed by atoms with E-state index < -0.39 is 0 Å². The molecule has 2 heterocycles. The Balaban J connectivity index is 1.24. The molecule has 9 nitrogen and oxygen atoms in total. The summed E-state index contributed by atoms with van der Waals surface area (Å²) in [4.78, 5) is 17.4. The molecule has 43 heavy (non-hydrogen) atoms. The van der Waals surface area contributed by atoms with Crippen LogP contribution in [-0.4, -0.2) is 45.6 Å². The van der Waals surface area contributed by atoms with E-state index in [1.807, 2.05) is 102 Å². The van der Waals surface area contributed by atoms with Gasteiger partial charge < -0.3 is 19.5 Å². The third kappa shape index (κ3) is 6.63. The molecule has 0 aliphatic heterocycles. The molecule has 6 rings (SSSR count). The van der Waals surface area contributed by atoms with E-state index in [-0.39, 0.29) is 11.7 Å². The van der Waals surface area contributed by atoms with Crippen molar-refractivity contribution in [3.8, 4) is 28.7 Å². The smallest absolute Gasteiger partial charge is 0.236 e. The Morgan fingerprint density at radius 2 is 1.60 bits per heavy atom. The number of hydrogen-bond acceptors (Lipinski definition) is 9. The first-order valence-corrected chi connectivity index (χ1v) is 15.2. The predicted molar refractivity (Wildman–Crippen MR) is 169 cm³/mol. The SMILES string of the molecule is COc1ccc(Cc2nnc(SCC(=O)Nc3nc4ccccc4s3)n2-c2ccc(Oc3ccccc3)cc2)cc1OC. The number of amides is 1. The first kappa shape index (κ1) is 28.3. The van der Waals surface area contributed by atoms with Crippen molar-refractivity contribution in [3.05, 3.63) is 108 Å². The van der Waals surface area contributed by atoms with Crippen LogP contribution >= 0.6 is 23.1 Å². The number of nitrogens with zero attached hydrogens (tertiary/aromatic N) is 4. The molecule has 216 valence electrons. The molecule has 0 radical (unpaired) electrons. The molecule has 0 saturated heterocycles. The van der Waals surface area contributed by atoms with E-state index in [1.165, 1.54) is 23.1 Å². The van der Waals surface area contributed by atoms with Gasteiger partial charge in [-0.25, -0.2) is 4.98 Å². The Labute approximate surface area is 256 Å². The number of rotatable bonds is 11. The lowest BCUT2D eigenvalue weighted by Crippen LogP contribution is -2.14. The molecular weight excluding hydrogens is 583 g/mol. The molecule has 0 bridgehead atoms. The van der Waals surface area contributed by atoms with Crippen molar-refractivity contribution in [3.63, 3.8) is 0 Å². The number of para-hydroxylation sites is 2. The highest BCUT2D eigenvalue weighted by molar-refractivity contribution is 7.99. The van der Waals surface area contributed by atoms with Gasteiger partial charge in [0.25, 0.3) is 0 Å². The minimum Gasteiger partial charge on any atom is -0.493 e. The first-order valence-electron chi connectivity index (χ1n) is 13.4. The van der Waals surface area contributed by atoms with Crippen LogP contribution in [-0.2, 0) is 11.2 Å². The fourth-order valence-electron chi connectivity index (χ4n) is 4.44. The number of nitrogens with one attached hydrogen (secondary N) is 1. The second kappa shape index (κ2) is 13.0. The highest BCUT2D eigenvalue weighted by atomic mass is 32.2. The fourth-order valence-corrected chi connectivity index (χ4v) is 6.09. The highest BCUT2D eigenvalue weighted by Gasteiger charge is 2.18. The molecule has 0 aliphatic carbocycles. The van der Waals surface area contributed by atoms with Crippen LogP contribution in [0.3, 0.4) is 0 Å². The van der Waals surface area contributed by atoms with Crippen LogP contribution in [0.2, 0.25) is 0 Å². The van der Waals surface area contributed by atoms with E-state index >= 15 is 0 Å². The first-order chi connectivity index (χ1) is 21.1. The molecular formula is C32H27N5O4S2. The van der Waals surface area contributed by atoms with Gasteiger partial charge in [-0.05, 0) is 66.2 Å². The summed E-state index contributed by atoms with van der Waals surface area (Å²) in [5.74, 6) is 3.41. The maximum absolute atomic E-state index is 12.9.